The van der Waals surface area contributed by atoms with Crippen molar-refractivity contribution in [1.29, 1.82) is 0 Å². The van der Waals surface area contributed by atoms with Crippen molar-refractivity contribution in [3.8, 4) is 0 Å². The molecule has 0 bridgehead atoms. The number of piperidine rings is 1. The number of amides is 2. The fraction of sp³-hybridized carbons (Fsp3) is 0.292. The lowest BCUT2D eigenvalue weighted by Gasteiger charge is -2.32. The Morgan fingerprint density at radius 1 is 1.10 bits per heavy atom. The zero-order chi connectivity index (χ0) is 22.1. The van der Waals surface area contributed by atoms with Gasteiger partial charge in [0.15, 0.2) is 0 Å². The van der Waals surface area contributed by atoms with E-state index in [9.17, 15) is 18.8 Å². The maximum atomic E-state index is 13.3. The molecule has 0 spiro atoms. The highest BCUT2D eigenvalue weighted by atomic mass is 19.1. The molecule has 1 saturated heterocycles. The lowest BCUT2D eigenvalue weighted by molar-refractivity contribution is -0.114. The molecular weight excluding hydrogens is 397 g/mol. The Labute approximate surface area is 179 Å². The van der Waals surface area contributed by atoms with E-state index in [0.29, 0.717) is 30.0 Å². The van der Waals surface area contributed by atoms with Gasteiger partial charge in [0.1, 0.15) is 5.82 Å². The number of fused-ring (bicyclic) bond motifs is 1. The molecule has 3 N–H and O–H groups in total. The molecular formula is C24H24FN3O3. The van der Waals surface area contributed by atoms with Gasteiger partial charge in [0.05, 0.1) is 5.56 Å². The number of hydrogen-bond donors (Lipinski definition) is 2. The normalized spacial score (nSPS) is 14.7. The zero-order valence-electron chi connectivity index (χ0n) is 17.3. The van der Waals surface area contributed by atoms with Gasteiger partial charge in [0.25, 0.3) is 11.8 Å². The van der Waals surface area contributed by atoms with Crippen molar-refractivity contribution in [3.05, 3.63) is 70.7 Å². The Kier molecular flexibility index (Phi) is 5.59. The molecule has 6 nitrogen and oxygen atoms in total. The topological polar surface area (TPSA) is 96.3 Å². The van der Waals surface area contributed by atoms with Gasteiger partial charge in [-0.3, -0.25) is 14.4 Å². The van der Waals surface area contributed by atoms with E-state index in [-0.39, 0.29) is 17.3 Å². The average molecular weight is 421 g/mol. The molecule has 0 aliphatic carbocycles. The summed E-state index contributed by atoms with van der Waals surface area (Å²) in [6.07, 6.45) is 2.61. The lowest BCUT2D eigenvalue weighted by Crippen LogP contribution is -2.39. The van der Waals surface area contributed by atoms with Crippen LogP contribution in [0.25, 0.3) is 10.9 Å². The van der Waals surface area contributed by atoms with Gasteiger partial charge in [-0.1, -0.05) is 12.1 Å². The number of aromatic amines is 1. The molecule has 1 aromatic heterocycles. The summed E-state index contributed by atoms with van der Waals surface area (Å²) in [7, 11) is 0. The van der Waals surface area contributed by atoms with Crippen LogP contribution >= 0.6 is 0 Å². The first-order chi connectivity index (χ1) is 14.8. The van der Waals surface area contributed by atoms with E-state index in [1.165, 1.54) is 18.2 Å². The van der Waals surface area contributed by atoms with Crippen LogP contribution in [-0.4, -0.2) is 40.6 Å². The van der Waals surface area contributed by atoms with Crippen LogP contribution in [0.4, 0.5) is 4.39 Å². The highest BCUT2D eigenvalue weighted by Crippen LogP contribution is 2.28. The summed E-state index contributed by atoms with van der Waals surface area (Å²) in [5, 5.41) is 0.614. The number of ketones is 1. The number of nitrogens with zero attached hydrogens (tertiary/aromatic N) is 1. The second kappa shape index (κ2) is 8.34. The predicted molar refractivity (Wildman–Crippen MR) is 115 cm³/mol. The van der Waals surface area contributed by atoms with Crippen molar-refractivity contribution in [3.63, 3.8) is 0 Å². The molecule has 1 fully saturated rings. The number of H-pyrrole nitrogens is 1. The number of primary amides is 1. The number of carbonyl (C=O) groups is 3. The number of benzene rings is 2. The van der Waals surface area contributed by atoms with Gasteiger partial charge in [-0.15, -0.1) is 0 Å². The quantitative estimate of drug-likeness (QED) is 0.488. The zero-order valence-corrected chi connectivity index (χ0v) is 17.3. The van der Waals surface area contributed by atoms with Gasteiger partial charge < -0.3 is 15.6 Å². The van der Waals surface area contributed by atoms with Crippen LogP contribution in [0.1, 0.15) is 44.8 Å². The van der Waals surface area contributed by atoms with E-state index in [0.717, 1.165) is 36.0 Å². The van der Waals surface area contributed by atoms with Crippen LogP contribution in [0, 0.1) is 18.7 Å². The Hall–Kier alpha value is -3.48. The van der Waals surface area contributed by atoms with Gasteiger partial charge in [-0.2, -0.15) is 0 Å². The highest BCUT2D eigenvalue weighted by molar-refractivity contribution is 6.42. The van der Waals surface area contributed by atoms with Crippen molar-refractivity contribution < 1.29 is 18.8 Å². The van der Waals surface area contributed by atoms with Gasteiger partial charge in [0.2, 0.25) is 5.78 Å². The monoisotopic (exact) mass is 421 g/mol. The van der Waals surface area contributed by atoms with Gasteiger partial charge in [-0.05, 0) is 68.0 Å². The summed E-state index contributed by atoms with van der Waals surface area (Å²) in [5.41, 5.74) is 8.36. The van der Waals surface area contributed by atoms with Crippen molar-refractivity contribution in [2.45, 2.75) is 26.2 Å². The van der Waals surface area contributed by atoms with Crippen molar-refractivity contribution in [2.24, 2.45) is 11.7 Å². The molecule has 7 heteroatoms. The van der Waals surface area contributed by atoms with Crippen LogP contribution in [0.5, 0.6) is 0 Å². The fourth-order valence-electron chi connectivity index (χ4n) is 4.34. The number of halogens is 1. The second-order valence-corrected chi connectivity index (χ2v) is 8.14. The molecule has 1 aliphatic heterocycles. The van der Waals surface area contributed by atoms with E-state index in [1.54, 1.807) is 12.1 Å². The average Bonchev–Trinajstić information content (AvgIpc) is 3.09. The van der Waals surface area contributed by atoms with Crippen LogP contribution in [0.15, 0.2) is 42.5 Å². The first-order valence-electron chi connectivity index (χ1n) is 10.3. The number of carbonyl (C=O) groups excluding carboxylic acids is 3. The molecule has 1 aliphatic rings. The van der Waals surface area contributed by atoms with Crippen molar-refractivity contribution >= 4 is 28.5 Å². The second-order valence-electron chi connectivity index (χ2n) is 8.14. The first-order valence-corrected chi connectivity index (χ1v) is 10.3. The van der Waals surface area contributed by atoms with E-state index >= 15 is 0 Å². The number of aromatic nitrogens is 1. The van der Waals surface area contributed by atoms with Crippen LogP contribution < -0.4 is 5.73 Å². The third kappa shape index (κ3) is 4.21. The van der Waals surface area contributed by atoms with Crippen LogP contribution in [-0.2, 0) is 11.2 Å². The Balaban J connectivity index is 1.50. The predicted octanol–water partition coefficient (Wildman–Crippen LogP) is 3.38. The lowest BCUT2D eigenvalue weighted by atomic mass is 9.90. The van der Waals surface area contributed by atoms with Gasteiger partial charge in [0, 0.05) is 35.2 Å². The smallest absolute Gasteiger partial charge is 0.289 e. The van der Waals surface area contributed by atoms with Crippen LogP contribution in [0.3, 0.4) is 0 Å². The minimum atomic E-state index is -1.03. The van der Waals surface area contributed by atoms with E-state index in [2.05, 4.69) is 4.98 Å². The molecule has 0 atom stereocenters. The van der Waals surface area contributed by atoms with Crippen molar-refractivity contribution in [1.82, 2.24) is 9.88 Å². The molecule has 160 valence electrons. The largest absolute Gasteiger partial charge is 0.363 e. The Morgan fingerprint density at radius 3 is 2.42 bits per heavy atom. The van der Waals surface area contributed by atoms with Gasteiger partial charge >= 0.3 is 0 Å². The summed E-state index contributed by atoms with van der Waals surface area (Å²) in [6.45, 7) is 3.09. The number of hydrogen-bond acceptors (Lipinski definition) is 3. The molecule has 2 amide bonds. The molecule has 31 heavy (non-hydrogen) atoms. The maximum absolute atomic E-state index is 13.3. The molecule has 0 radical (unpaired) electrons. The third-order valence-corrected chi connectivity index (χ3v) is 6.03. The standard InChI is InChI=1S/C24H24FN3O3/c1-14-21(19-13-17(22(29)23(26)30)4-7-20(19)27-14)24(31)28-10-8-16(9-11-28)12-15-2-5-18(25)6-3-15/h2-7,13,16,27H,8-12H2,1H3,(H2,26,30). The summed E-state index contributed by atoms with van der Waals surface area (Å²) in [5.74, 6) is -1.69. The molecule has 0 unspecified atom stereocenters. The minimum Gasteiger partial charge on any atom is -0.363 e. The van der Waals surface area contributed by atoms with Gasteiger partial charge in [-0.25, -0.2) is 4.39 Å². The molecule has 4 rings (SSSR count). The fourth-order valence-corrected chi connectivity index (χ4v) is 4.34. The minimum absolute atomic E-state index is 0.0901. The highest BCUT2D eigenvalue weighted by Gasteiger charge is 2.27. The maximum Gasteiger partial charge on any atom is 0.289 e. The Bertz CT molecular complexity index is 1160. The summed E-state index contributed by atoms with van der Waals surface area (Å²) >= 11 is 0. The number of Topliss-reactive ketones (excluding diaryl/α,β-unsaturated/α-hetero) is 1. The van der Waals surface area contributed by atoms with Crippen molar-refractivity contribution in [2.75, 3.05) is 13.1 Å². The Morgan fingerprint density at radius 2 is 1.77 bits per heavy atom. The number of nitrogens with one attached hydrogen (secondary N) is 1. The SMILES string of the molecule is Cc1[nH]c2ccc(C(=O)C(N)=O)cc2c1C(=O)N1CCC(Cc2ccc(F)cc2)CC1. The third-order valence-electron chi connectivity index (χ3n) is 6.03. The molecule has 0 saturated carbocycles. The van der Waals surface area contributed by atoms with E-state index < -0.39 is 11.7 Å². The molecule has 2 heterocycles. The first kappa shape index (κ1) is 20.8. The number of rotatable bonds is 5. The number of nitrogens with two attached hydrogens (primary N) is 1. The van der Waals surface area contributed by atoms with Crippen LogP contribution in [0.2, 0.25) is 0 Å². The van der Waals surface area contributed by atoms with E-state index in [1.807, 2.05) is 24.0 Å². The summed E-state index contributed by atoms with van der Waals surface area (Å²) in [6, 6.07) is 11.3. The molecule has 3 aromatic rings. The molecule has 2 aromatic carbocycles. The van der Waals surface area contributed by atoms with E-state index in [4.69, 9.17) is 5.73 Å². The summed E-state index contributed by atoms with van der Waals surface area (Å²) in [4.78, 5) is 41.6. The summed E-state index contributed by atoms with van der Waals surface area (Å²) < 4.78 is 13.1. The number of likely N-dealkylation sites (tertiary alicyclic amines) is 1. The number of aryl methyl sites for hydroxylation is 1.